The Morgan fingerprint density at radius 1 is 1.09 bits per heavy atom. The zero-order valence-electron chi connectivity index (χ0n) is 12.8. The van der Waals surface area contributed by atoms with E-state index in [2.05, 4.69) is 24.4 Å². The first-order valence-corrected chi connectivity index (χ1v) is 7.50. The predicted molar refractivity (Wildman–Crippen MR) is 89.8 cm³/mol. The molecule has 0 aromatic heterocycles. The summed E-state index contributed by atoms with van der Waals surface area (Å²) in [5.74, 6) is 0.708. The molecule has 1 amide bonds. The third kappa shape index (κ3) is 5.44. The fourth-order valence-corrected chi connectivity index (χ4v) is 1.96. The molecule has 0 aliphatic rings. The van der Waals surface area contributed by atoms with Crippen molar-refractivity contribution in [1.29, 1.82) is 0 Å². The van der Waals surface area contributed by atoms with E-state index in [4.69, 9.17) is 4.74 Å². The Balaban J connectivity index is 1.67. The number of rotatable bonds is 7. The third-order valence-electron chi connectivity index (χ3n) is 3.23. The third-order valence-corrected chi connectivity index (χ3v) is 3.23. The Labute approximate surface area is 131 Å². The van der Waals surface area contributed by atoms with Gasteiger partial charge in [0.15, 0.2) is 0 Å². The summed E-state index contributed by atoms with van der Waals surface area (Å²) in [5.41, 5.74) is 2.29. The largest absolute Gasteiger partial charge is 0.492 e. The first-order valence-electron chi connectivity index (χ1n) is 7.50. The Hall–Kier alpha value is -2.55. The highest BCUT2D eigenvalue weighted by Crippen LogP contribution is 2.12. The van der Waals surface area contributed by atoms with E-state index in [9.17, 15) is 4.79 Å². The van der Waals surface area contributed by atoms with Crippen molar-refractivity contribution >= 4 is 12.0 Å². The molecule has 0 radical (unpaired) electrons. The molecule has 0 saturated heterocycles. The van der Waals surface area contributed by atoms with Crippen LogP contribution in [0.5, 0.6) is 5.75 Å². The molecule has 0 aliphatic heterocycles. The zero-order valence-corrected chi connectivity index (χ0v) is 12.8. The van der Waals surface area contributed by atoms with Gasteiger partial charge < -0.3 is 10.1 Å². The molecule has 2 aromatic rings. The van der Waals surface area contributed by atoms with Crippen molar-refractivity contribution in [3.05, 3.63) is 71.8 Å². The lowest BCUT2D eigenvalue weighted by atomic mass is 10.2. The van der Waals surface area contributed by atoms with Crippen LogP contribution in [0, 0.1) is 0 Å². The summed E-state index contributed by atoms with van der Waals surface area (Å²) < 4.78 is 5.58. The van der Waals surface area contributed by atoms with E-state index in [0.717, 1.165) is 17.7 Å². The van der Waals surface area contributed by atoms with Crippen LogP contribution in [0.25, 0.3) is 6.08 Å². The van der Waals surface area contributed by atoms with Gasteiger partial charge >= 0.3 is 0 Å². The van der Waals surface area contributed by atoms with Gasteiger partial charge in [0, 0.05) is 6.08 Å². The van der Waals surface area contributed by atoms with Crippen LogP contribution in [-0.4, -0.2) is 19.1 Å². The number of ether oxygens (including phenoxy) is 1. The molecule has 2 aromatic carbocycles. The Kier molecular flexibility index (Phi) is 6.24. The van der Waals surface area contributed by atoms with Crippen LogP contribution < -0.4 is 10.1 Å². The molecule has 0 atom stereocenters. The maximum absolute atomic E-state index is 11.7. The highest BCUT2D eigenvalue weighted by atomic mass is 16.5. The standard InChI is InChI=1S/C19H21NO2/c1-2-16-8-11-18(12-9-16)22-15-14-20-19(21)13-10-17-6-4-3-5-7-17/h3-13H,2,14-15H2,1H3,(H,20,21)/b13-10+. The minimum Gasteiger partial charge on any atom is -0.492 e. The van der Waals surface area contributed by atoms with Gasteiger partial charge in [0.2, 0.25) is 5.91 Å². The Bertz CT molecular complexity index is 603. The highest BCUT2D eigenvalue weighted by molar-refractivity contribution is 5.91. The number of carbonyl (C=O) groups is 1. The first kappa shape index (κ1) is 15.8. The zero-order chi connectivity index (χ0) is 15.6. The van der Waals surface area contributed by atoms with E-state index in [1.54, 1.807) is 6.08 Å². The van der Waals surface area contributed by atoms with Crippen molar-refractivity contribution in [1.82, 2.24) is 5.32 Å². The number of benzene rings is 2. The van der Waals surface area contributed by atoms with Crippen LogP contribution in [0.1, 0.15) is 18.1 Å². The van der Waals surface area contributed by atoms with Gasteiger partial charge in [-0.1, -0.05) is 49.4 Å². The summed E-state index contributed by atoms with van der Waals surface area (Å²) in [6.07, 6.45) is 4.34. The van der Waals surface area contributed by atoms with Gasteiger partial charge in [-0.25, -0.2) is 0 Å². The predicted octanol–water partition coefficient (Wildman–Crippen LogP) is 3.46. The topological polar surface area (TPSA) is 38.3 Å². The SMILES string of the molecule is CCc1ccc(OCCNC(=O)/C=C/c2ccccc2)cc1. The molecular weight excluding hydrogens is 274 g/mol. The fraction of sp³-hybridized carbons (Fsp3) is 0.211. The van der Waals surface area contributed by atoms with Gasteiger partial charge in [0.1, 0.15) is 12.4 Å². The van der Waals surface area contributed by atoms with Gasteiger partial charge in [-0.3, -0.25) is 4.79 Å². The quantitative estimate of drug-likeness (QED) is 0.627. The van der Waals surface area contributed by atoms with E-state index in [-0.39, 0.29) is 5.91 Å². The van der Waals surface area contributed by atoms with Gasteiger partial charge in [-0.05, 0) is 35.8 Å². The molecule has 3 nitrogen and oxygen atoms in total. The number of aryl methyl sites for hydroxylation is 1. The van der Waals surface area contributed by atoms with Gasteiger partial charge in [0.25, 0.3) is 0 Å². The van der Waals surface area contributed by atoms with Gasteiger partial charge in [-0.2, -0.15) is 0 Å². The van der Waals surface area contributed by atoms with Crippen molar-refractivity contribution < 1.29 is 9.53 Å². The van der Waals surface area contributed by atoms with Crippen molar-refractivity contribution in [3.8, 4) is 5.75 Å². The first-order chi connectivity index (χ1) is 10.8. The minimum absolute atomic E-state index is 0.117. The van der Waals surface area contributed by atoms with E-state index in [0.29, 0.717) is 13.2 Å². The molecular formula is C19H21NO2. The van der Waals surface area contributed by atoms with Gasteiger partial charge in [0.05, 0.1) is 6.54 Å². The number of carbonyl (C=O) groups excluding carboxylic acids is 1. The van der Waals surface area contributed by atoms with E-state index >= 15 is 0 Å². The van der Waals surface area contributed by atoms with Crippen molar-refractivity contribution in [2.45, 2.75) is 13.3 Å². The second kappa shape index (κ2) is 8.67. The van der Waals surface area contributed by atoms with Crippen LogP contribution >= 0.6 is 0 Å². The molecule has 0 saturated carbocycles. The number of amides is 1. The van der Waals surface area contributed by atoms with Crippen LogP contribution in [0.3, 0.4) is 0 Å². The van der Waals surface area contributed by atoms with E-state index in [1.165, 1.54) is 11.6 Å². The molecule has 22 heavy (non-hydrogen) atoms. The summed E-state index contributed by atoms with van der Waals surface area (Å²) in [6.45, 7) is 3.05. The molecule has 114 valence electrons. The van der Waals surface area contributed by atoms with E-state index in [1.807, 2.05) is 42.5 Å². The van der Waals surface area contributed by atoms with Crippen LogP contribution in [0.4, 0.5) is 0 Å². The van der Waals surface area contributed by atoms with Gasteiger partial charge in [-0.15, -0.1) is 0 Å². The average molecular weight is 295 g/mol. The Morgan fingerprint density at radius 2 is 1.82 bits per heavy atom. The van der Waals surface area contributed by atoms with Crippen molar-refractivity contribution in [2.24, 2.45) is 0 Å². The summed E-state index contributed by atoms with van der Waals surface area (Å²) in [4.78, 5) is 11.7. The molecule has 3 heteroatoms. The molecule has 0 unspecified atom stereocenters. The Morgan fingerprint density at radius 3 is 2.50 bits per heavy atom. The van der Waals surface area contributed by atoms with Crippen molar-refractivity contribution in [3.63, 3.8) is 0 Å². The maximum atomic E-state index is 11.7. The molecule has 1 N–H and O–H groups in total. The molecule has 0 aliphatic carbocycles. The second-order valence-corrected chi connectivity index (χ2v) is 4.88. The lowest BCUT2D eigenvalue weighted by Crippen LogP contribution is -2.26. The average Bonchev–Trinajstić information content (AvgIpc) is 2.58. The van der Waals surface area contributed by atoms with Crippen LogP contribution in [-0.2, 0) is 11.2 Å². The summed E-state index contributed by atoms with van der Waals surface area (Å²) in [6, 6.07) is 17.7. The monoisotopic (exact) mass is 295 g/mol. The number of nitrogens with one attached hydrogen (secondary N) is 1. The smallest absolute Gasteiger partial charge is 0.244 e. The molecule has 0 heterocycles. The second-order valence-electron chi connectivity index (χ2n) is 4.88. The van der Waals surface area contributed by atoms with Crippen LogP contribution in [0.2, 0.25) is 0 Å². The summed E-state index contributed by atoms with van der Waals surface area (Å²) >= 11 is 0. The highest BCUT2D eigenvalue weighted by Gasteiger charge is 1.97. The molecule has 2 rings (SSSR count). The molecule has 0 fully saturated rings. The van der Waals surface area contributed by atoms with Crippen molar-refractivity contribution in [2.75, 3.05) is 13.2 Å². The van der Waals surface area contributed by atoms with Crippen LogP contribution in [0.15, 0.2) is 60.7 Å². The van der Waals surface area contributed by atoms with E-state index < -0.39 is 0 Å². The molecule has 0 spiro atoms. The lowest BCUT2D eigenvalue weighted by molar-refractivity contribution is -0.116. The fourth-order valence-electron chi connectivity index (χ4n) is 1.96. The number of hydrogen-bond acceptors (Lipinski definition) is 2. The normalized spacial score (nSPS) is 10.6. The summed E-state index contributed by atoms with van der Waals surface area (Å²) in [5, 5.41) is 2.79. The maximum Gasteiger partial charge on any atom is 0.244 e. The number of hydrogen-bond donors (Lipinski definition) is 1. The minimum atomic E-state index is -0.117. The summed E-state index contributed by atoms with van der Waals surface area (Å²) in [7, 11) is 0. The lowest BCUT2D eigenvalue weighted by Gasteiger charge is -2.07. The molecule has 0 bridgehead atoms.